The summed E-state index contributed by atoms with van der Waals surface area (Å²) in [5.41, 5.74) is 1.07. The van der Waals surface area contributed by atoms with Gasteiger partial charge < -0.3 is 5.32 Å². The van der Waals surface area contributed by atoms with Gasteiger partial charge in [-0.15, -0.1) is 11.3 Å². The number of aromatic nitrogens is 1. The fraction of sp³-hybridized carbons (Fsp3) is 0.636. The first-order chi connectivity index (χ1) is 7.25. The SMILES string of the molecule is Cc1nc(CC2CCCCNC2=O)cs1. The predicted octanol–water partition coefficient (Wildman–Crippen LogP) is 1.91. The molecule has 15 heavy (non-hydrogen) atoms. The maximum Gasteiger partial charge on any atom is 0.223 e. The zero-order valence-electron chi connectivity index (χ0n) is 8.95. The van der Waals surface area contributed by atoms with E-state index in [9.17, 15) is 4.79 Å². The van der Waals surface area contributed by atoms with Gasteiger partial charge in [0.1, 0.15) is 0 Å². The third-order valence-electron chi connectivity index (χ3n) is 2.77. The van der Waals surface area contributed by atoms with Crippen LogP contribution in [0.15, 0.2) is 5.38 Å². The number of aryl methyl sites for hydroxylation is 1. The van der Waals surface area contributed by atoms with Crippen molar-refractivity contribution in [3.05, 3.63) is 16.1 Å². The zero-order valence-corrected chi connectivity index (χ0v) is 9.77. The molecule has 1 amide bonds. The quantitative estimate of drug-likeness (QED) is 0.833. The Hall–Kier alpha value is -0.900. The number of nitrogens with one attached hydrogen (secondary N) is 1. The van der Waals surface area contributed by atoms with Crippen LogP contribution in [-0.4, -0.2) is 17.4 Å². The summed E-state index contributed by atoms with van der Waals surface area (Å²) in [6.07, 6.45) is 4.06. The van der Waals surface area contributed by atoms with E-state index in [0.29, 0.717) is 0 Å². The second kappa shape index (κ2) is 4.75. The van der Waals surface area contributed by atoms with Crippen LogP contribution >= 0.6 is 11.3 Å². The maximum atomic E-state index is 11.7. The molecule has 82 valence electrons. The molecule has 2 heterocycles. The van der Waals surface area contributed by atoms with Crippen LogP contribution in [0, 0.1) is 12.8 Å². The number of thiazole rings is 1. The third-order valence-corrected chi connectivity index (χ3v) is 3.59. The van der Waals surface area contributed by atoms with E-state index in [1.54, 1.807) is 11.3 Å². The highest BCUT2D eigenvalue weighted by atomic mass is 32.1. The molecule has 1 aromatic rings. The molecule has 0 spiro atoms. The third kappa shape index (κ3) is 2.78. The normalized spacial score (nSPS) is 22.2. The van der Waals surface area contributed by atoms with Crippen molar-refractivity contribution in [1.82, 2.24) is 10.3 Å². The highest BCUT2D eigenvalue weighted by molar-refractivity contribution is 7.09. The van der Waals surface area contributed by atoms with Gasteiger partial charge in [-0.25, -0.2) is 4.98 Å². The largest absolute Gasteiger partial charge is 0.356 e. The van der Waals surface area contributed by atoms with Crippen molar-refractivity contribution in [2.24, 2.45) is 5.92 Å². The second-order valence-corrected chi connectivity index (χ2v) is 5.11. The van der Waals surface area contributed by atoms with Crippen molar-refractivity contribution in [1.29, 1.82) is 0 Å². The molecular formula is C11H16N2OS. The van der Waals surface area contributed by atoms with Gasteiger partial charge in [0, 0.05) is 24.3 Å². The van der Waals surface area contributed by atoms with Gasteiger partial charge in [-0.05, 0) is 19.8 Å². The van der Waals surface area contributed by atoms with Crippen LogP contribution < -0.4 is 5.32 Å². The predicted molar refractivity (Wildman–Crippen MR) is 60.9 cm³/mol. The highest BCUT2D eigenvalue weighted by Gasteiger charge is 2.21. The van der Waals surface area contributed by atoms with E-state index in [-0.39, 0.29) is 11.8 Å². The molecule has 2 rings (SSSR count). The number of hydrogen-bond donors (Lipinski definition) is 1. The summed E-state index contributed by atoms with van der Waals surface area (Å²) in [6, 6.07) is 0. The van der Waals surface area contributed by atoms with E-state index in [0.717, 1.165) is 42.9 Å². The average molecular weight is 224 g/mol. The van der Waals surface area contributed by atoms with Crippen LogP contribution in [0.2, 0.25) is 0 Å². The summed E-state index contributed by atoms with van der Waals surface area (Å²) >= 11 is 1.66. The van der Waals surface area contributed by atoms with Crippen LogP contribution in [0.1, 0.15) is 30.0 Å². The first kappa shape index (κ1) is 10.6. The molecule has 0 aromatic carbocycles. The van der Waals surface area contributed by atoms with Gasteiger partial charge in [0.05, 0.1) is 10.7 Å². The highest BCUT2D eigenvalue weighted by Crippen LogP contribution is 2.19. The number of nitrogens with zero attached hydrogens (tertiary/aromatic N) is 1. The van der Waals surface area contributed by atoms with Gasteiger partial charge in [0.2, 0.25) is 5.91 Å². The minimum atomic E-state index is 0.133. The molecule has 1 aliphatic rings. The lowest BCUT2D eigenvalue weighted by Gasteiger charge is -2.10. The standard InChI is InChI=1S/C11H16N2OS/c1-8-13-10(7-15-8)6-9-4-2-3-5-12-11(9)14/h7,9H,2-6H2,1H3,(H,12,14). The van der Waals surface area contributed by atoms with Gasteiger partial charge in [-0.1, -0.05) is 6.42 Å². The number of hydrogen-bond acceptors (Lipinski definition) is 3. The number of carbonyl (C=O) groups is 1. The Kier molecular flexibility index (Phi) is 3.36. The Bertz CT molecular complexity index is 348. The van der Waals surface area contributed by atoms with E-state index in [4.69, 9.17) is 0 Å². The van der Waals surface area contributed by atoms with Crippen molar-refractivity contribution < 1.29 is 4.79 Å². The molecule has 1 N–H and O–H groups in total. The van der Waals surface area contributed by atoms with E-state index >= 15 is 0 Å². The van der Waals surface area contributed by atoms with Crippen LogP contribution in [0.5, 0.6) is 0 Å². The molecule has 0 bridgehead atoms. The lowest BCUT2D eigenvalue weighted by molar-refractivity contribution is -0.124. The van der Waals surface area contributed by atoms with Crippen molar-refractivity contribution in [2.75, 3.05) is 6.54 Å². The van der Waals surface area contributed by atoms with Crippen LogP contribution in [0.4, 0.5) is 0 Å². The fourth-order valence-corrected chi connectivity index (χ4v) is 2.58. The minimum Gasteiger partial charge on any atom is -0.356 e. The maximum absolute atomic E-state index is 11.7. The summed E-state index contributed by atoms with van der Waals surface area (Å²) in [5, 5.41) is 6.10. The lowest BCUT2D eigenvalue weighted by Crippen LogP contribution is -2.30. The molecule has 3 nitrogen and oxygen atoms in total. The first-order valence-electron chi connectivity index (χ1n) is 5.44. The fourth-order valence-electron chi connectivity index (χ4n) is 1.95. The van der Waals surface area contributed by atoms with Gasteiger partial charge in [0.15, 0.2) is 0 Å². The first-order valence-corrected chi connectivity index (χ1v) is 6.32. The van der Waals surface area contributed by atoms with Crippen molar-refractivity contribution in [3.63, 3.8) is 0 Å². The van der Waals surface area contributed by atoms with E-state index in [1.807, 2.05) is 6.92 Å². The monoisotopic (exact) mass is 224 g/mol. The number of rotatable bonds is 2. The Balaban J connectivity index is 2.00. The van der Waals surface area contributed by atoms with Gasteiger partial charge in [0.25, 0.3) is 0 Å². The summed E-state index contributed by atoms with van der Waals surface area (Å²) in [5.74, 6) is 0.340. The van der Waals surface area contributed by atoms with Gasteiger partial charge in [-0.3, -0.25) is 4.79 Å². The van der Waals surface area contributed by atoms with Crippen LogP contribution in [0.25, 0.3) is 0 Å². The summed E-state index contributed by atoms with van der Waals surface area (Å²) in [6.45, 7) is 2.84. The smallest absolute Gasteiger partial charge is 0.223 e. The Morgan fingerprint density at radius 2 is 2.47 bits per heavy atom. The average Bonchev–Trinajstić information content (AvgIpc) is 2.50. The molecule has 0 aliphatic carbocycles. The Morgan fingerprint density at radius 3 is 3.20 bits per heavy atom. The molecule has 1 fully saturated rings. The summed E-state index contributed by atoms with van der Waals surface area (Å²) in [7, 11) is 0. The molecule has 1 unspecified atom stereocenters. The van der Waals surface area contributed by atoms with E-state index in [2.05, 4.69) is 15.7 Å². The molecule has 1 aromatic heterocycles. The summed E-state index contributed by atoms with van der Waals surface area (Å²) in [4.78, 5) is 16.1. The van der Waals surface area contributed by atoms with Crippen LogP contribution in [-0.2, 0) is 11.2 Å². The Labute approximate surface area is 93.9 Å². The Morgan fingerprint density at radius 1 is 1.60 bits per heavy atom. The molecule has 1 aliphatic heterocycles. The zero-order chi connectivity index (χ0) is 10.7. The molecule has 0 saturated carbocycles. The topological polar surface area (TPSA) is 42.0 Å². The summed E-state index contributed by atoms with van der Waals surface area (Å²) < 4.78 is 0. The molecule has 4 heteroatoms. The van der Waals surface area contributed by atoms with E-state index < -0.39 is 0 Å². The second-order valence-electron chi connectivity index (χ2n) is 4.05. The molecule has 1 atom stereocenters. The van der Waals surface area contributed by atoms with Gasteiger partial charge >= 0.3 is 0 Å². The lowest BCUT2D eigenvalue weighted by atomic mass is 9.98. The number of carbonyl (C=O) groups excluding carboxylic acids is 1. The van der Waals surface area contributed by atoms with Crippen molar-refractivity contribution in [2.45, 2.75) is 32.6 Å². The number of amides is 1. The van der Waals surface area contributed by atoms with E-state index in [1.165, 1.54) is 0 Å². The minimum absolute atomic E-state index is 0.133. The molecule has 1 saturated heterocycles. The van der Waals surface area contributed by atoms with Crippen molar-refractivity contribution in [3.8, 4) is 0 Å². The molecule has 0 radical (unpaired) electrons. The van der Waals surface area contributed by atoms with Gasteiger partial charge in [-0.2, -0.15) is 0 Å². The molecular weight excluding hydrogens is 208 g/mol. The van der Waals surface area contributed by atoms with Crippen LogP contribution in [0.3, 0.4) is 0 Å². The van der Waals surface area contributed by atoms with Crippen molar-refractivity contribution >= 4 is 17.2 Å².